The molecule has 1 aromatic carbocycles. The van der Waals surface area contributed by atoms with Crippen LogP contribution in [-0.2, 0) is 4.74 Å². The number of methoxy groups -OCH3 is 1. The van der Waals surface area contributed by atoms with Gasteiger partial charge in [-0.3, -0.25) is 9.78 Å². The number of nitrogens with one attached hydrogen (secondary N) is 2. The minimum absolute atomic E-state index is 0.0943. The first-order valence-corrected chi connectivity index (χ1v) is 15.8. The Balaban J connectivity index is 1.08. The SMILES string of the molecule is COCCNc1nnc(C(=O)N2[C@@H]3CC[C@H]2C[C@H](c2nc4c(-c5ccc(-c6ccccc6)nc5)cnn4c(N)c2C2CC2)C3)[nH]1. The van der Waals surface area contributed by atoms with Crippen molar-refractivity contribution in [2.24, 2.45) is 0 Å². The Morgan fingerprint density at radius 2 is 1.80 bits per heavy atom. The van der Waals surface area contributed by atoms with E-state index in [0.717, 1.165) is 77.8 Å². The number of nitrogen functional groups attached to an aromatic ring is 1. The van der Waals surface area contributed by atoms with E-state index in [-0.39, 0.29) is 29.7 Å². The minimum Gasteiger partial charge on any atom is -0.383 e. The summed E-state index contributed by atoms with van der Waals surface area (Å²) in [5.41, 5.74) is 13.7. The minimum atomic E-state index is -0.0943. The second-order valence-electron chi connectivity index (χ2n) is 12.4. The van der Waals surface area contributed by atoms with Gasteiger partial charge in [0.1, 0.15) is 5.82 Å². The molecule has 6 heterocycles. The molecule has 230 valence electrons. The average Bonchev–Trinajstić information content (AvgIpc) is 3.52. The Morgan fingerprint density at radius 1 is 1.00 bits per heavy atom. The van der Waals surface area contributed by atoms with E-state index in [1.165, 1.54) is 0 Å². The van der Waals surface area contributed by atoms with Crippen molar-refractivity contribution in [2.75, 3.05) is 31.3 Å². The van der Waals surface area contributed by atoms with Gasteiger partial charge in [0.25, 0.3) is 5.91 Å². The number of H-pyrrole nitrogens is 1. The van der Waals surface area contributed by atoms with E-state index in [1.54, 1.807) is 11.6 Å². The van der Waals surface area contributed by atoms with Crippen molar-refractivity contribution in [3.8, 4) is 22.4 Å². The molecule has 12 nitrogen and oxygen atoms in total. The van der Waals surface area contributed by atoms with Crippen LogP contribution in [0.2, 0.25) is 0 Å². The van der Waals surface area contributed by atoms with Crippen LogP contribution in [0.15, 0.2) is 54.9 Å². The van der Waals surface area contributed by atoms with E-state index < -0.39 is 0 Å². The molecule has 1 amide bonds. The van der Waals surface area contributed by atoms with Crippen molar-refractivity contribution in [1.82, 2.24) is 39.7 Å². The van der Waals surface area contributed by atoms with Gasteiger partial charge in [0, 0.05) is 60.1 Å². The third-order valence-corrected chi connectivity index (χ3v) is 9.52. The van der Waals surface area contributed by atoms with Crippen LogP contribution in [0.1, 0.15) is 72.2 Å². The summed E-state index contributed by atoms with van der Waals surface area (Å²) in [6.07, 6.45) is 9.57. The fourth-order valence-electron chi connectivity index (χ4n) is 7.25. The maximum Gasteiger partial charge on any atom is 0.292 e. The molecule has 2 bridgehead atoms. The molecule has 1 saturated carbocycles. The number of nitrogens with two attached hydrogens (primary N) is 1. The maximum atomic E-state index is 13.6. The first-order valence-electron chi connectivity index (χ1n) is 15.8. The van der Waals surface area contributed by atoms with Crippen molar-refractivity contribution >= 4 is 23.3 Å². The predicted octanol–water partition coefficient (Wildman–Crippen LogP) is 4.65. The number of aromatic amines is 1. The smallest absolute Gasteiger partial charge is 0.292 e. The molecule has 4 N–H and O–H groups in total. The monoisotopic (exact) mass is 604 g/mol. The fourth-order valence-corrected chi connectivity index (χ4v) is 7.25. The Kier molecular flexibility index (Phi) is 6.93. The number of anilines is 2. The molecule has 1 aliphatic carbocycles. The van der Waals surface area contributed by atoms with E-state index in [1.807, 2.05) is 41.6 Å². The summed E-state index contributed by atoms with van der Waals surface area (Å²) >= 11 is 0. The molecule has 0 radical (unpaired) electrons. The summed E-state index contributed by atoms with van der Waals surface area (Å²) in [6, 6.07) is 14.5. The lowest BCUT2D eigenvalue weighted by Crippen LogP contribution is -2.46. The number of rotatable bonds is 9. The number of aromatic nitrogens is 7. The molecule has 0 unspecified atom stereocenters. The second-order valence-corrected chi connectivity index (χ2v) is 12.4. The topological polar surface area (TPSA) is 152 Å². The zero-order valence-electron chi connectivity index (χ0n) is 25.2. The Hall–Kier alpha value is -4.84. The first kappa shape index (κ1) is 27.7. The number of piperidine rings is 1. The van der Waals surface area contributed by atoms with E-state index in [0.29, 0.717) is 30.8 Å². The van der Waals surface area contributed by atoms with E-state index >= 15 is 0 Å². The summed E-state index contributed by atoms with van der Waals surface area (Å²) in [5.74, 6) is 1.94. The third kappa shape index (κ3) is 4.98. The number of nitrogens with zero attached hydrogens (tertiary/aromatic N) is 7. The number of carbonyl (C=O) groups is 1. The lowest BCUT2D eigenvalue weighted by atomic mass is 9.85. The number of fused-ring (bicyclic) bond motifs is 3. The van der Waals surface area contributed by atoms with E-state index in [2.05, 4.69) is 43.8 Å². The maximum absolute atomic E-state index is 13.6. The summed E-state index contributed by atoms with van der Waals surface area (Å²) in [6.45, 7) is 1.11. The molecule has 45 heavy (non-hydrogen) atoms. The van der Waals surface area contributed by atoms with Crippen LogP contribution in [0.4, 0.5) is 11.8 Å². The highest BCUT2D eigenvalue weighted by molar-refractivity contribution is 5.91. The van der Waals surface area contributed by atoms with Gasteiger partial charge in [-0.15, -0.1) is 10.2 Å². The molecule has 2 aliphatic heterocycles. The number of amides is 1. The molecular formula is C33H36N10O2. The van der Waals surface area contributed by atoms with Gasteiger partial charge in [0.15, 0.2) is 5.65 Å². The van der Waals surface area contributed by atoms with Crippen LogP contribution >= 0.6 is 0 Å². The van der Waals surface area contributed by atoms with Crippen LogP contribution in [0, 0.1) is 0 Å². The van der Waals surface area contributed by atoms with Crippen molar-refractivity contribution in [1.29, 1.82) is 0 Å². The van der Waals surface area contributed by atoms with Gasteiger partial charge in [-0.25, -0.2) is 4.98 Å². The quantitative estimate of drug-likeness (QED) is 0.204. The summed E-state index contributed by atoms with van der Waals surface area (Å²) in [5, 5.41) is 16.0. The lowest BCUT2D eigenvalue weighted by molar-refractivity contribution is 0.0557. The van der Waals surface area contributed by atoms with Gasteiger partial charge in [0.05, 0.1) is 24.2 Å². The largest absolute Gasteiger partial charge is 0.383 e. The molecule has 5 aromatic rings. The second kappa shape index (κ2) is 11.3. The number of benzene rings is 1. The van der Waals surface area contributed by atoms with Crippen molar-refractivity contribution in [3.63, 3.8) is 0 Å². The molecule has 2 saturated heterocycles. The third-order valence-electron chi connectivity index (χ3n) is 9.52. The molecule has 8 rings (SSSR count). The van der Waals surface area contributed by atoms with Crippen molar-refractivity contribution in [2.45, 2.75) is 62.4 Å². The number of hydrogen-bond donors (Lipinski definition) is 3. The van der Waals surface area contributed by atoms with Gasteiger partial charge < -0.3 is 25.7 Å². The van der Waals surface area contributed by atoms with Gasteiger partial charge in [-0.1, -0.05) is 36.4 Å². The zero-order valence-corrected chi connectivity index (χ0v) is 25.2. The highest BCUT2D eigenvalue weighted by Gasteiger charge is 2.46. The highest BCUT2D eigenvalue weighted by Crippen LogP contribution is 2.50. The Labute approximate surface area is 260 Å². The van der Waals surface area contributed by atoms with Crippen LogP contribution in [0.25, 0.3) is 28.0 Å². The molecule has 3 atom stereocenters. The number of ether oxygens (including phenoxy) is 1. The van der Waals surface area contributed by atoms with Gasteiger partial charge in [0.2, 0.25) is 11.8 Å². The fraction of sp³-hybridized carbons (Fsp3) is 0.394. The Bertz CT molecular complexity index is 1830. The molecule has 0 spiro atoms. The van der Waals surface area contributed by atoms with Gasteiger partial charge in [-0.2, -0.15) is 9.61 Å². The zero-order chi connectivity index (χ0) is 30.5. The molecule has 4 aromatic heterocycles. The molecule has 12 heteroatoms. The van der Waals surface area contributed by atoms with Crippen molar-refractivity contribution < 1.29 is 9.53 Å². The van der Waals surface area contributed by atoms with Crippen LogP contribution in [-0.4, -0.2) is 77.9 Å². The number of hydrogen-bond acceptors (Lipinski definition) is 9. The highest BCUT2D eigenvalue weighted by atomic mass is 16.5. The lowest BCUT2D eigenvalue weighted by Gasteiger charge is -2.39. The van der Waals surface area contributed by atoms with Crippen LogP contribution < -0.4 is 11.1 Å². The molecular weight excluding hydrogens is 568 g/mol. The van der Waals surface area contributed by atoms with Crippen molar-refractivity contribution in [3.05, 3.63) is 71.9 Å². The summed E-state index contributed by atoms with van der Waals surface area (Å²) in [4.78, 5) is 28.8. The Morgan fingerprint density at radius 3 is 2.51 bits per heavy atom. The summed E-state index contributed by atoms with van der Waals surface area (Å²) < 4.78 is 6.88. The van der Waals surface area contributed by atoms with Crippen LogP contribution in [0.5, 0.6) is 0 Å². The van der Waals surface area contributed by atoms with E-state index in [9.17, 15) is 4.79 Å². The number of carbonyl (C=O) groups excluding carboxylic acids is 1. The summed E-state index contributed by atoms with van der Waals surface area (Å²) in [7, 11) is 1.64. The van der Waals surface area contributed by atoms with Gasteiger partial charge in [-0.05, 0) is 50.5 Å². The predicted molar refractivity (Wildman–Crippen MR) is 170 cm³/mol. The normalized spacial score (nSPS) is 21.0. The molecule has 3 aliphatic rings. The number of pyridine rings is 1. The average molecular weight is 605 g/mol. The standard InChI is InChI=1S/C33H36N10O2/c1-45-14-13-35-33-39-30(40-41-33)32(44)42-23-10-11-24(42)16-22(15-23)28-27(20-7-8-20)29(34)43-31(38-28)25(18-37-43)21-9-12-26(36-17-21)19-5-3-2-4-6-19/h2-6,9,12,17-18,20,22-24H,7-8,10-11,13-16,34H2,1H3,(H2,35,39,40,41)/t22-,23-,24+. The van der Waals surface area contributed by atoms with E-state index in [4.69, 9.17) is 20.4 Å². The van der Waals surface area contributed by atoms with Gasteiger partial charge >= 0.3 is 0 Å². The van der Waals surface area contributed by atoms with Crippen LogP contribution in [0.3, 0.4) is 0 Å². The molecule has 3 fully saturated rings. The first-order chi connectivity index (χ1) is 22.1.